The summed E-state index contributed by atoms with van der Waals surface area (Å²) in [5.41, 5.74) is 2.19. The van der Waals surface area contributed by atoms with E-state index in [0.717, 1.165) is 11.6 Å². The van der Waals surface area contributed by atoms with E-state index in [4.69, 9.17) is 0 Å². The quantitative estimate of drug-likeness (QED) is 0.377. The number of halogens is 3. The van der Waals surface area contributed by atoms with E-state index in [2.05, 4.69) is 19.7 Å². The van der Waals surface area contributed by atoms with Crippen molar-refractivity contribution < 1.29 is 26.4 Å². The molecule has 5 rings (SSSR count). The van der Waals surface area contributed by atoms with Gasteiger partial charge in [-0.3, -0.25) is 4.79 Å². The molecule has 0 spiro atoms. The lowest BCUT2D eigenvalue weighted by atomic mass is 9.70. The topological polar surface area (TPSA) is 103 Å². The van der Waals surface area contributed by atoms with E-state index in [1.54, 1.807) is 12.1 Å². The average Bonchev–Trinajstić information content (AvgIpc) is 3.35. The molecule has 1 atom stereocenters. The molecule has 2 fully saturated rings. The van der Waals surface area contributed by atoms with Gasteiger partial charge >= 0.3 is 0 Å². The minimum atomic E-state index is -3.76. The van der Waals surface area contributed by atoms with Crippen molar-refractivity contribution in [2.45, 2.75) is 25.2 Å². The number of aromatic nitrogens is 1. The number of carbonyl (C=O) groups is 1. The number of nitrogens with one attached hydrogen (secondary N) is 4. The Balaban J connectivity index is 1.29. The maximum absolute atomic E-state index is 14.5. The molecule has 4 N–H and O–H groups in total. The summed E-state index contributed by atoms with van der Waals surface area (Å²) < 4.78 is 71.6. The number of rotatable bonds is 8. The first kappa shape index (κ1) is 23.8. The van der Waals surface area contributed by atoms with Crippen molar-refractivity contribution in [2.24, 2.45) is 11.8 Å². The molecule has 1 aliphatic carbocycles. The highest BCUT2D eigenvalue weighted by Gasteiger charge is 2.35. The zero-order valence-corrected chi connectivity index (χ0v) is 19.5. The van der Waals surface area contributed by atoms with Crippen LogP contribution in [0.3, 0.4) is 0 Å². The molecule has 3 aromatic rings. The van der Waals surface area contributed by atoms with E-state index < -0.39 is 27.7 Å². The Labute approximate surface area is 200 Å². The Morgan fingerprint density at radius 3 is 2.37 bits per heavy atom. The van der Waals surface area contributed by atoms with E-state index in [1.807, 2.05) is 0 Å². The molecule has 2 aliphatic rings. The summed E-state index contributed by atoms with van der Waals surface area (Å²) in [6.07, 6.45) is 1.83. The van der Waals surface area contributed by atoms with Crippen LogP contribution in [-0.4, -0.2) is 38.9 Å². The molecule has 1 amide bonds. The molecule has 1 saturated carbocycles. The second-order valence-corrected chi connectivity index (χ2v) is 10.8. The summed E-state index contributed by atoms with van der Waals surface area (Å²) in [6, 6.07) is 7.88. The van der Waals surface area contributed by atoms with Crippen LogP contribution in [0.5, 0.6) is 0 Å². The minimum absolute atomic E-state index is 0.0378. The predicted octanol–water partition coefficient (Wildman–Crippen LogP) is 3.31. The molecule has 1 saturated heterocycles. The molecule has 0 bridgehead atoms. The Morgan fingerprint density at radius 2 is 1.69 bits per heavy atom. The first-order valence-electron chi connectivity index (χ1n) is 11.5. The van der Waals surface area contributed by atoms with Crippen molar-refractivity contribution in [2.75, 3.05) is 19.6 Å². The summed E-state index contributed by atoms with van der Waals surface area (Å²) in [6.45, 7) is 0.797. The fraction of sp³-hybridized carbons (Fsp3) is 0.375. The van der Waals surface area contributed by atoms with E-state index in [1.165, 1.54) is 18.2 Å². The van der Waals surface area contributed by atoms with Gasteiger partial charge in [0.25, 0.3) is 10.2 Å². The molecule has 11 heteroatoms. The lowest BCUT2D eigenvalue weighted by Crippen LogP contribution is -2.43. The molecule has 1 unspecified atom stereocenters. The molecule has 2 aromatic carbocycles. The zero-order valence-electron chi connectivity index (χ0n) is 18.7. The first-order chi connectivity index (χ1) is 16.7. The van der Waals surface area contributed by atoms with Crippen LogP contribution in [0.4, 0.5) is 13.2 Å². The first-order valence-corrected chi connectivity index (χ1v) is 13.0. The second kappa shape index (κ2) is 9.29. The van der Waals surface area contributed by atoms with E-state index >= 15 is 0 Å². The van der Waals surface area contributed by atoms with Crippen molar-refractivity contribution >= 4 is 27.0 Å². The Kier molecular flexibility index (Phi) is 6.32. The second-order valence-electron chi connectivity index (χ2n) is 9.24. The Bertz CT molecular complexity index is 1370. The van der Waals surface area contributed by atoms with Gasteiger partial charge in [0.05, 0.1) is 17.1 Å². The summed E-state index contributed by atoms with van der Waals surface area (Å²) in [4.78, 5) is 14.7. The highest BCUT2D eigenvalue weighted by Crippen LogP contribution is 2.48. The molecule has 35 heavy (non-hydrogen) atoms. The maximum Gasteiger partial charge on any atom is 0.276 e. The fourth-order valence-corrected chi connectivity index (χ4v) is 5.95. The molecule has 186 valence electrons. The summed E-state index contributed by atoms with van der Waals surface area (Å²) in [7, 11) is -3.76. The van der Waals surface area contributed by atoms with Crippen molar-refractivity contribution in [3.8, 4) is 11.3 Å². The van der Waals surface area contributed by atoms with Crippen LogP contribution in [0.15, 0.2) is 36.4 Å². The zero-order chi connectivity index (χ0) is 24.7. The number of amides is 1. The van der Waals surface area contributed by atoms with Gasteiger partial charge in [-0.05, 0) is 72.6 Å². The van der Waals surface area contributed by atoms with E-state index in [0.29, 0.717) is 42.5 Å². The monoisotopic (exact) mass is 506 g/mol. The maximum atomic E-state index is 14.5. The van der Waals surface area contributed by atoms with Crippen LogP contribution in [0.1, 0.15) is 30.7 Å². The highest BCUT2D eigenvalue weighted by molar-refractivity contribution is 7.87. The van der Waals surface area contributed by atoms with Crippen LogP contribution in [0.2, 0.25) is 0 Å². The normalized spacial score (nSPS) is 22.4. The van der Waals surface area contributed by atoms with Crippen LogP contribution < -0.4 is 14.8 Å². The van der Waals surface area contributed by atoms with Gasteiger partial charge in [0.2, 0.25) is 5.91 Å². The molecule has 2 heterocycles. The number of fused-ring (bicyclic) bond motifs is 1. The van der Waals surface area contributed by atoms with Gasteiger partial charge in [0, 0.05) is 31.1 Å². The molecule has 7 nitrogen and oxygen atoms in total. The molecule has 1 aliphatic heterocycles. The van der Waals surface area contributed by atoms with Crippen molar-refractivity contribution in [1.29, 1.82) is 0 Å². The Morgan fingerprint density at radius 1 is 0.971 bits per heavy atom. The van der Waals surface area contributed by atoms with Gasteiger partial charge < -0.3 is 10.3 Å². The average molecular weight is 507 g/mol. The number of hydrogen-bond acceptors (Lipinski definition) is 3. The van der Waals surface area contributed by atoms with Crippen LogP contribution in [-0.2, 0) is 15.0 Å². The van der Waals surface area contributed by atoms with Gasteiger partial charge in [-0.2, -0.15) is 8.42 Å². The predicted molar refractivity (Wildman–Crippen MR) is 125 cm³/mol. The summed E-state index contributed by atoms with van der Waals surface area (Å²) in [5.74, 6) is -2.33. The Hall–Kier alpha value is -2.89. The summed E-state index contributed by atoms with van der Waals surface area (Å²) in [5, 5.41) is 3.10. The van der Waals surface area contributed by atoms with Gasteiger partial charge in [0.15, 0.2) is 0 Å². The molecule has 1 aromatic heterocycles. The fourth-order valence-electron chi connectivity index (χ4n) is 4.98. The van der Waals surface area contributed by atoms with E-state index in [9.17, 15) is 26.4 Å². The molecular formula is C24H25F3N4O3S. The van der Waals surface area contributed by atoms with E-state index in [-0.39, 0.29) is 42.3 Å². The van der Waals surface area contributed by atoms with Gasteiger partial charge in [-0.25, -0.2) is 22.6 Å². The van der Waals surface area contributed by atoms with Crippen molar-refractivity contribution in [1.82, 2.24) is 19.7 Å². The lowest BCUT2D eigenvalue weighted by Gasteiger charge is -2.36. The number of H-pyrrole nitrogens is 1. The summed E-state index contributed by atoms with van der Waals surface area (Å²) >= 11 is 0. The SMILES string of the molecule is O=C1NCCC1CNS(=O)(=O)NCC1CC(c2c(-c3ccc(F)cc3)[nH]c3c(F)cc(F)cc23)C1. The largest absolute Gasteiger partial charge is 0.356 e. The number of carbonyl (C=O) groups excluding carboxylic acids is 1. The lowest BCUT2D eigenvalue weighted by molar-refractivity contribution is -0.122. The third-order valence-electron chi connectivity index (χ3n) is 6.89. The standard InChI is InChI=1S/C24H25F3N4O3S/c25-17-3-1-14(2-4-17)22-21(19-9-18(26)10-20(27)23(19)31-22)16-7-13(8-16)11-29-35(33,34)30-12-15-5-6-28-24(15)32/h1-4,9-10,13,15-16,29-31H,5-8,11-12H2,(H,28,32). The van der Waals surface area contributed by atoms with Gasteiger partial charge in [-0.15, -0.1) is 0 Å². The minimum Gasteiger partial charge on any atom is -0.356 e. The number of hydrogen-bond donors (Lipinski definition) is 4. The van der Waals surface area contributed by atoms with Crippen LogP contribution >= 0.6 is 0 Å². The number of benzene rings is 2. The van der Waals surface area contributed by atoms with Crippen molar-refractivity contribution in [3.63, 3.8) is 0 Å². The molecule has 0 radical (unpaired) electrons. The molecular weight excluding hydrogens is 481 g/mol. The van der Waals surface area contributed by atoms with Crippen LogP contribution in [0.25, 0.3) is 22.2 Å². The third-order valence-corrected chi connectivity index (χ3v) is 7.98. The van der Waals surface area contributed by atoms with Gasteiger partial charge in [-0.1, -0.05) is 0 Å². The van der Waals surface area contributed by atoms with Gasteiger partial charge in [0.1, 0.15) is 17.5 Å². The van der Waals surface area contributed by atoms with Crippen LogP contribution in [0, 0.1) is 29.3 Å². The smallest absolute Gasteiger partial charge is 0.276 e. The third kappa shape index (κ3) is 4.93. The highest BCUT2D eigenvalue weighted by atomic mass is 32.2. The number of aromatic amines is 1. The van der Waals surface area contributed by atoms with Crippen molar-refractivity contribution in [3.05, 3.63) is 59.4 Å².